The van der Waals surface area contributed by atoms with E-state index in [9.17, 15) is 9.59 Å². The molecule has 0 heterocycles. The average Bonchev–Trinajstić information content (AvgIpc) is 2.32. The summed E-state index contributed by atoms with van der Waals surface area (Å²) in [5.41, 5.74) is -0.699. The van der Waals surface area contributed by atoms with Crippen molar-refractivity contribution in [2.75, 3.05) is 0 Å². The molecule has 2 aliphatic carbocycles. The van der Waals surface area contributed by atoms with E-state index in [0.717, 1.165) is 6.42 Å². The first kappa shape index (κ1) is 7.96. The monoisotopic (exact) mass is 166 g/mol. The first-order valence-electron chi connectivity index (χ1n) is 4.45. The van der Waals surface area contributed by atoms with Crippen LogP contribution in [-0.2, 0) is 9.59 Å². The van der Waals surface area contributed by atoms with Gasteiger partial charge in [0.1, 0.15) is 11.6 Å². The number of Topliss-reactive ketones (excluding diaryl/α,β-unsaturated/α-hetero) is 2. The fourth-order valence-electron chi connectivity index (χ4n) is 2.91. The van der Waals surface area contributed by atoms with Gasteiger partial charge in [-0.1, -0.05) is 20.8 Å². The fraction of sp³-hybridized carbons (Fsp3) is 0.800. The lowest BCUT2D eigenvalue weighted by molar-refractivity contribution is -0.142. The minimum absolute atomic E-state index is 0.00926. The van der Waals surface area contributed by atoms with Crippen molar-refractivity contribution in [3.05, 3.63) is 0 Å². The molecule has 2 bridgehead atoms. The summed E-state index contributed by atoms with van der Waals surface area (Å²) in [6.07, 6.45) is 1.28. The van der Waals surface area contributed by atoms with Crippen molar-refractivity contribution in [1.82, 2.24) is 0 Å². The van der Waals surface area contributed by atoms with E-state index in [-0.39, 0.29) is 16.7 Å². The van der Waals surface area contributed by atoms with Gasteiger partial charge in [-0.2, -0.15) is 0 Å². The quantitative estimate of drug-likeness (QED) is 0.547. The molecule has 0 aromatic carbocycles. The number of carbonyl (C=O) groups is 2. The number of rotatable bonds is 0. The summed E-state index contributed by atoms with van der Waals surface area (Å²) >= 11 is 0. The third-order valence-electron chi connectivity index (χ3n) is 3.61. The number of ketones is 2. The summed E-state index contributed by atoms with van der Waals surface area (Å²) in [5, 5.41) is 0. The molecule has 2 heteroatoms. The molecule has 2 atom stereocenters. The predicted molar refractivity (Wildman–Crippen MR) is 44.6 cm³/mol. The number of hydrogen-bond acceptors (Lipinski definition) is 2. The Hall–Kier alpha value is -0.660. The van der Waals surface area contributed by atoms with Crippen molar-refractivity contribution in [3.63, 3.8) is 0 Å². The third-order valence-corrected chi connectivity index (χ3v) is 3.61. The molecule has 2 saturated carbocycles. The Labute approximate surface area is 72.3 Å². The number of carbonyl (C=O) groups excluding carboxylic acids is 2. The molecule has 0 aliphatic heterocycles. The van der Waals surface area contributed by atoms with Gasteiger partial charge in [0.15, 0.2) is 0 Å². The Balaban J connectivity index is 2.49. The maximum absolute atomic E-state index is 11.8. The van der Waals surface area contributed by atoms with Crippen LogP contribution in [-0.4, -0.2) is 11.6 Å². The standard InChI is InChI=1S/C10H14O2/c1-9(2)6-4-10(3,8(9)12)5-7(6)11/h6H,4-5H2,1-3H3/t6-,10-/m1/s1. The van der Waals surface area contributed by atoms with Crippen LogP contribution in [0.25, 0.3) is 0 Å². The highest BCUT2D eigenvalue weighted by Crippen LogP contribution is 2.57. The Morgan fingerprint density at radius 2 is 1.83 bits per heavy atom. The normalized spacial score (nSPS) is 44.1. The summed E-state index contributed by atoms with van der Waals surface area (Å²) in [6.45, 7) is 5.74. The predicted octanol–water partition coefficient (Wildman–Crippen LogP) is 1.58. The lowest BCUT2D eigenvalue weighted by Crippen LogP contribution is -2.39. The van der Waals surface area contributed by atoms with E-state index in [4.69, 9.17) is 0 Å². The van der Waals surface area contributed by atoms with Gasteiger partial charge < -0.3 is 0 Å². The molecule has 0 spiro atoms. The van der Waals surface area contributed by atoms with Gasteiger partial charge in [-0.25, -0.2) is 0 Å². The van der Waals surface area contributed by atoms with Crippen LogP contribution >= 0.6 is 0 Å². The second-order valence-corrected chi connectivity index (χ2v) is 5.01. The van der Waals surface area contributed by atoms with Gasteiger partial charge in [-0.15, -0.1) is 0 Å². The first-order valence-corrected chi connectivity index (χ1v) is 4.45. The van der Waals surface area contributed by atoms with E-state index in [2.05, 4.69) is 0 Å². The lowest BCUT2D eigenvalue weighted by atomic mass is 9.71. The smallest absolute Gasteiger partial charge is 0.145 e. The van der Waals surface area contributed by atoms with Crippen molar-refractivity contribution in [2.24, 2.45) is 16.7 Å². The van der Waals surface area contributed by atoms with Crippen molar-refractivity contribution in [2.45, 2.75) is 33.6 Å². The minimum atomic E-state index is -0.385. The zero-order chi connectivity index (χ0) is 9.15. The van der Waals surface area contributed by atoms with Crippen LogP contribution in [0.2, 0.25) is 0 Å². The third kappa shape index (κ3) is 0.661. The molecular formula is C10H14O2. The minimum Gasteiger partial charge on any atom is -0.299 e. The molecule has 0 unspecified atom stereocenters. The summed E-state index contributed by atoms with van der Waals surface area (Å²) in [7, 11) is 0. The SMILES string of the molecule is CC1(C)C(=O)[C@@]2(C)CC(=O)[C@H]1C2. The average molecular weight is 166 g/mol. The van der Waals surface area contributed by atoms with Gasteiger partial charge in [0.25, 0.3) is 0 Å². The maximum atomic E-state index is 11.8. The van der Waals surface area contributed by atoms with Gasteiger partial charge in [-0.05, 0) is 6.42 Å². The van der Waals surface area contributed by atoms with Crippen LogP contribution in [0.15, 0.2) is 0 Å². The van der Waals surface area contributed by atoms with E-state index in [1.807, 2.05) is 20.8 Å². The highest BCUT2D eigenvalue weighted by atomic mass is 16.1. The van der Waals surface area contributed by atoms with Crippen LogP contribution in [0.1, 0.15) is 33.6 Å². The van der Waals surface area contributed by atoms with Crippen LogP contribution < -0.4 is 0 Å². The largest absolute Gasteiger partial charge is 0.299 e. The Kier molecular flexibility index (Phi) is 1.20. The Morgan fingerprint density at radius 1 is 1.25 bits per heavy atom. The zero-order valence-electron chi connectivity index (χ0n) is 7.81. The summed E-state index contributed by atoms with van der Waals surface area (Å²) < 4.78 is 0. The van der Waals surface area contributed by atoms with Crippen LogP contribution in [0, 0.1) is 16.7 Å². The molecule has 2 aliphatic rings. The van der Waals surface area contributed by atoms with Crippen molar-refractivity contribution >= 4 is 11.6 Å². The summed E-state index contributed by atoms with van der Waals surface area (Å²) in [4.78, 5) is 23.3. The van der Waals surface area contributed by atoms with Crippen LogP contribution in [0.5, 0.6) is 0 Å². The summed E-state index contributed by atoms with van der Waals surface area (Å²) in [6, 6.07) is 0. The highest BCUT2D eigenvalue weighted by molar-refractivity contribution is 6.06. The highest BCUT2D eigenvalue weighted by Gasteiger charge is 2.63. The van der Waals surface area contributed by atoms with E-state index in [1.54, 1.807) is 0 Å². The number of fused-ring (bicyclic) bond motifs is 2. The molecular weight excluding hydrogens is 152 g/mol. The Bertz CT molecular complexity index is 271. The maximum Gasteiger partial charge on any atom is 0.145 e. The van der Waals surface area contributed by atoms with Crippen LogP contribution in [0.3, 0.4) is 0 Å². The zero-order valence-corrected chi connectivity index (χ0v) is 7.81. The van der Waals surface area contributed by atoms with Crippen molar-refractivity contribution in [3.8, 4) is 0 Å². The molecule has 0 N–H and O–H groups in total. The van der Waals surface area contributed by atoms with E-state index >= 15 is 0 Å². The molecule has 66 valence electrons. The van der Waals surface area contributed by atoms with Gasteiger partial charge in [0.2, 0.25) is 0 Å². The molecule has 0 radical (unpaired) electrons. The molecule has 0 amide bonds. The molecule has 0 aromatic rings. The van der Waals surface area contributed by atoms with Crippen LogP contribution in [0.4, 0.5) is 0 Å². The summed E-state index contributed by atoms with van der Waals surface area (Å²) in [5.74, 6) is 0.594. The molecule has 2 rings (SSSR count). The van der Waals surface area contributed by atoms with E-state index < -0.39 is 0 Å². The molecule has 2 nitrogen and oxygen atoms in total. The van der Waals surface area contributed by atoms with Crippen molar-refractivity contribution in [1.29, 1.82) is 0 Å². The Morgan fingerprint density at radius 3 is 2.17 bits per heavy atom. The van der Waals surface area contributed by atoms with Gasteiger partial charge in [-0.3, -0.25) is 9.59 Å². The molecule has 12 heavy (non-hydrogen) atoms. The fourth-order valence-corrected chi connectivity index (χ4v) is 2.91. The first-order chi connectivity index (χ1) is 5.38. The number of hydrogen-bond donors (Lipinski definition) is 0. The van der Waals surface area contributed by atoms with E-state index in [1.165, 1.54) is 0 Å². The molecule has 0 aromatic heterocycles. The van der Waals surface area contributed by atoms with E-state index in [0.29, 0.717) is 18.0 Å². The van der Waals surface area contributed by atoms with Gasteiger partial charge >= 0.3 is 0 Å². The van der Waals surface area contributed by atoms with Gasteiger partial charge in [0, 0.05) is 23.2 Å². The topological polar surface area (TPSA) is 34.1 Å². The lowest BCUT2D eigenvalue weighted by Gasteiger charge is -2.30. The molecule has 2 fully saturated rings. The second kappa shape index (κ2) is 1.81. The molecule has 0 saturated heterocycles. The second-order valence-electron chi connectivity index (χ2n) is 5.01. The van der Waals surface area contributed by atoms with Crippen molar-refractivity contribution < 1.29 is 9.59 Å². The van der Waals surface area contributed by atoms with Gasteiger partial charge in [0.05, 0.1) is 0 Å².